The molecule has 3 atom stereocenters. The van der Waals surface area contributed by atoms with E-state index in [1.807, 2.05) is 0 Å². The highest BCUT2D eigenvalue weighted by Crippen LogP contribution is 2.13. The fraction of sp³-hybridized carbons (Fsp3) is 1.00. The maximum Gasteiger partial charge on any atom is 0.266 e. The second-order valence-corrected chi connectivity index (χ2v) is 2.31. The lowest BCUT2D eigenvalue weighted by Gasteiger charge is -2.19. The van der Waals surface area contributed by atoms with Crippen molar-refractivity contribution in [3.63, 3.8) is 0 Å². The maximum absolute atomic E-state index is 12.4. The topological polar surface area (TPSA) is 40.5 Å². The molecule has 0 aromatic heterocycles. The zero-order valence-electron chi connectivity index (χ0n) is 6.13. The van der Waals surface area contributed by atoms with Gasteiger partial charge in [-0.1, -0.05) is 0 Å². The Labute approximate surface area is 66.8 Å². The molecule has 3 unspecified atom stereocenters. The Kier molecular flexibility index (Phi) is 5.16. The lowest BCUT2D eigenvalue weighted by Crippen LogP contribution is -2.39. The fourth-order valence-electron chi connectivity index (χ4n) is 0.638. The minimum Gasteiger partial charge on any atom is -0.387 e. The molecule has 0 rings (SSSR count). The van der Waals surface area contributed by atoms with Crippen molar-refractivity contribution in [2.24, 2.45) is 0 Å². The van der Waals surface area contributed by atoms with Crippen molar-refractivity contribution in [3.05, 3.63) is 0 Å². The Balaban J connectivity index is 3.90. The second kappa shape index (κ2) is 5.31. The Morgan fingerprint density at radius 1 is 1.00 bits per heavy atom. The van der Waals surface area contributed by atoms with Crippen molar-refractivity contribution < 1.29 is 27.8 Å². The SMILES string of the molecule is OC(C(F)F)C(O)C(F)CCF. The van der Waals surface area contributed by atoms with Gasteiger partial charge in [0.1, 0.15) is 18.4 Å². The molecular formula is C6H10F4O2. The molecule has 0 aliphatic rings. The Morgan fingerprint density at radius 2 is 1.50 bits per heavy atom. The highest BCUT2D eigenvalue weighted by Gasteiger charge is 2.32. The summed E-state index contributed by atoms with van der Waals surface area (Å²) in [5.74, 6) is 0. The number of hydrogen-bond acceptors (Lipinski definition) is 2. The molecule has 0 aromatic rings. The van der Waals surface area contributed by atoms with Crippen molar-refractivity contribution in [2.75, 3.05) is 6.67 Å². The molecule has 0 radical (unpaired) electrons. The molecule has 0 aliphatic heterocycles. The normalized spacial score (nSPS) is 19.2. The van der Waals surface area contributed by atoms with Crippen molar-refractivity contribution in [1.82, 2.24) is 0 Å². The van der Waals surface area contributed by atoms with Crippen LogP contribution in [-0.4, -0.2) is 41.7 Å². The Morgan fingerprint density at radius 3 is 1.83 bits per heavy atom. The van der Waals surface area contributed by atoms with Crippen molar-refractivity contribution in [2.45, 2.75) is 31.2 Å². The molecule has 0 saturated heterocycles. The van der Waals surface area contributed by atoms with Crippen LogP contribution in [-0.2, 0) is 0 Å². The van der Waals surface area contributed by atoms with Gasteiger partial charge in [-0.2, -0.15) is 0 Å². The van der Waals surface area contributed by atoms with Crippen molar-refractivity contribution in [3.8, 4) is 0 Å². The molecule has 2 nitrogen and oxygen atoms in total. The number of halogens is 4. The summed E-state index contributed by atoms with van der Waals surface area (Å²) in [6, 6.07) is 0. The standard InChI is InChI=1S/C6H10F4O2/c7-2-1-3(8)4(11)5(12)6(9)10/h3-6,11-12H,1-2H2. The van der Waals surface area contributed by atoms with E-state index in [0.29, 0.717) is 0 Å². The quantitative estimate of drug-likeness (QED) is 0.625. The summed E-state index contributed by atoms with van der Waals surface area (Å²) in [6.45, 7) is -1.06. The van der Waals surface area contributed by atoms with E-state index in [4.69, 9.17) is 10.2 Å². The summed E-state index contributed by atoms with van der Waals surface area (Å²) < 4.78 is 47.1. The molecule has 0 spiro atoms. The van der Waals surface area contributed by atoms with Crippen LogP contribution in [0.3, 0.4) is 0 Å². The summed E-state index contributed by atoms with van der Waals surface area (Å²) >= 11 is 0. The van der Waals surface area contributed by atoms with Gasteiger partial charge < -0.3 is 10.2 Å². The second-order valence-electron chi connectivity index (χ2n) is 2.31. The van der Waals surface area contributed by atoms with E-state index in [1.54, 1.807) is 0 Å². The van der Waals surface area contributed by atoms with Crippen LogP contribution < -0.4 is 0 Å². The molecule has 6 heteroatoms. The fourth-order valence-corrected chi connectivity index (χ4v) is 0.638. The number of aliphatic hydroxyl groups excluding tert-OH is 2. The van der Waals surface area contributed by atoms with E-state index >= 15 is 0 Å². The van der Waals surface area contributed by atoms with Crippen molar-refractivity contribution >= 4 is 0 Å². The highest BCUT2D eigenvalue weighted by molar-refractivity contribution is 4.76. The van der Waals surface area contributed by atoms with E-state index in [9.17, 15) is 17.6 Å². The van der Waals surface area contributed by atoms with Crippen LogP contribution in [0.5, 0.6) is 0 Å². The van der Waals surface area contributed by atoms with E-state index < -0.39 is 37.9 Å². The molecule has 0 saturated carbocycles. The van der Waals surface area contributed by atoms with E-state index in [1.165, 1.54) is 0 Å². The van der Waals surface area contributed by atoms with E-state index in [-0.39, 0.29) is 0 Å². The lowest BCUT2D eigenvalue weighted by molar-refractivity contribution is -0.102. The van der Waals surface area contributed by atoms with Gasteiger partial charge in [0, 0.05) is 6.42 Å². The van der Waals surface area contributed by atoms with Gasteiger partial charge in [-0.25, -0.2) is 13.2 Å². The largest absolute Gasteiger partial charge is 0.387 e. The van der Waals surface area contributed by atoms with Gasteiger partial charge >= 0.3 is 0 Å². The molecule has 0 heterocycles. The van der Waals surface area contributed by atoms with E-state index in [0.717, 1.165) is 0 Å². The molecule has 0 bridgehead atoms. The molecule has 0 amide bonds. The number of rotatable bonds is 5. The smallest absolute Gasteiger partial charge is 0.266 e. The molecule has 74 valence electrons. The number of hydrogen-bond donors (Lipinski definition) is 2. The van der Waals surface area contributed by atoms with Crippen molar-refractivity contribution in [1.29, 1.82) is 0 Å². The average Bonchev–Trinajstić information content (AvgIpc) is 2.02. The minimum absolute atomic E-state index is 0.690. The first-order valence-corrected chi connectivity index (χ1v) is 3.35. The third-order valence-electron chi connectivity index (χ3n) is 1.36. The van der Waals surface area contributed by atoms with Crippen LogP contribution >= 0.6 is 0 Å². The predicted molar refractivity (Wildman–Crippen MR) is 33.5 cm³/mol. The summed E-state index contributed by atoms with van der Waals surface area (Å²) in [6.07, 6.45) is -10.7. The minimum atomic E-state index is -3.22. The maximum atomic E-state index is 12.4. The Hall–Kier alpha value is -0.360. The van der Waals surface area contributed by atoms with Gasteiger partial charge in [-0.15, -0.1) is 0 Å². The third kappa shape index (κ3) is 3.36. The molecule has 0 aliphatic carbocycles. The first-order valence-electron chi connectivity index (χ1n) is 3.35. The molecule has 2 N–H and O–H groups in total. The van der Waals surface area contributed by atoms with Crippen LogP contribution in [0, 0.1) is 0 Å². The van der Waals surface area contributed by atoms with Gasteiger partial charge in [0.25, 0.3) is 6.43 Å². The van der Waals surface area contributed by atoms with Gasteiger partial charge in [0.2, 0.25) is 0 Å². The van der Waals surface area contributed by atoms with Crippen LogP contribution in [0.25, 0.3) is 0 Å². The monoisotopic (exact) mass is 190 g/mol. The third-order valence-corrected chi connectivity index (χ3v) is 1.36. The molecular weight excluding hydrogens is 180 g/mol. The summed E-state index contributed by atoms with van der Waals surface area (Å²) in [4.78, 5) is 0. The lowest BCUT2D eigenvalue weighted by atomic mass is 10.1. The number of aliphatic hydroxyl groups is 2. The summed E-state index contributed by atoms with van der Waals surface area (Å²) in [7, 11) is 0. The van der Waals surface area contributed by atoms with Crippen LogP contribution in [0.2, 0.25) is 0 Å². The van der Waals surface area contributed by atoms with Gasteiger partial charge in [-0.3, -0.25) is 4.39 Å². The zero-order valence-corrected chi connectivity index (χ0v) is 6.13. The first-order chi connectivity index (χ1) is 5.50. The van der Waals surface area contributed by atoms with Crippen LogP contribution in [0.1, 0.15) is 6.42 Å². The first kappa shape index (κ1) is 11.6. The van der Waals surface area contributed by atoms with Crippen LogP contribution in [0.15, 0.2) is 0 Å². The molecule has 0 fully saturated rings. The van der Waals surface area contributed by atoms with E-state index in [2.05, 4.69) is 0 Å². The Bertz CT molecular complexity index is 122. The zero-order chi connectivity index (χ0) is 9.72. The highest BCUT2D eigenvalue weighted by atomic mass is 19.3. The predicted octanol–water partition coefficient (Wildman–Crippen LogP) is 0.671. The van der Waals surface area contributed by atoms with Gasteiger partial charge in [0.15, 0.2) is 0 Å². The van der Waals surface area contributed by atoms with Gasteiger partial charge in [0.05, 0.1) is 6.67 Å². The average molecular weight is 190 g/mol. The summed E-state index contributed by atoms with van der Waals surface area (Å²) in [5, 5.41) is 17.0. The molecule has 0 aromatic carbocycles. The number of alkyl halides is 4. The molecule has 12 heavy (non-hydrogen) atoms. The van der Waals surface area contributed by atoms with Gasteiger partial charge in [-0.05, 0) is 0 Å². The van der Waals surface area contributed by atoms with Crippen LogP contribution in [0.4, 0.5) is 17.6 Å². The summed E-state index contributed by atoms with van der Waals surface area (Å²) in [5.41, 5.74) is 0.